The highest BCUT2D eigenvalue weighted by Crippen LogP contribution is 2.28. The summed E-state index contributed by atoms with van der Waals surface area (Å²) in [4.78, 5) is 17.3. The van der Waals surface area contributed by atoms with Gasteiger partial charge in [0.05, 0.1) is 25.9 Å². The maximum atomic E-state index is 12.9. The third-order valence-electron chi connectivity index (χ3n) is 5.52. The Morgan fingerprint density at radius 3 is 2.56 bits per heavy atom. The van der Waals surface area contributed by atoms with Gasteiger partial charge in [0.1, 0.15) is 5.75 Å². The predicted molar refractivity (Wildman–Crippen MR) is 98.5 cm³/mol. The number of halogens is 1. The first kappa shape index (κ1) is 18.5. The van der Waals surface area contributed by atoms with Crippen LogP contribution in [-0.2, 0) is 4.74 Å². The van der Waals surface area contributed by atoms with Gasteiger partial charge in [0.15, 0.2) is 0 Å². The molecule has 2 fully saturated rings. The van der Waals surface area contributed by atoms with E-state index in [0.717, 1.165) is 52.2 Å². The number of morpholine rings is 1. The van der Waals surface area contributed by atoms with Gasteiger partial charge in [-0.05, 0) is 43.9 Å². The second-order valence-corrected chi connectivity index (χ2v) is 7.30. The molecule has 2 aliphatic rings. The van der Waals surface area contributed by atoms with E-state index in [4.69, 9.17) is 21.1 Å². The van der Waals surface area contributed by atoms with Crippen molar-refractivity contribution in [2.24, 2.45) is 5.92 Å². The van der Waals surface area contributed by atoms with E-state index in [1.807, 2.05) is 4.90 Å². The Hall–Kier alpha value is -1.30. The van der Waals surface area contributed by atoms with E-state index in [2.05, 4.69) is 11.8 Å². The predicted octanol–water partition coefficient (Wildman–Crippen LogP) is 2.92. The van der Waals surface area contributed by atoms with E-state index in [1.165, 1.54) is 0 Å². The summed E-state index contributed by atoms with van der Waals surface area (Å²) in [6.45, 7) is 7.57. The zero-order valence-corrected chi connectivity index (χ0v) is 15.8. The van der Waals surface area contributed by atoms with Gasteiger partial charge in [-0.25, -0.2) is 0 Å². The molecule has 0 radical (unpaired) electrons. The summed E-state index contributed by atoms with van der Waals surface area (Å²) < 4.78 is 10.8. The van der Waals surface area contributed by atoms with Crippen LogP contribution in [0.3, 0.4) is 0 Å². The topological polar surface area (TPSA) is 42.0 Å². The third-order valence-corrected chi connectivity index (χ3v) is 5.76. The Kier molecular flexibility index (Phi) is 6.20. The molecule has 0 unspecified atom stereocenters. The summed E-state index contributed by atoms with van der Waals surface area (Å²) in [5.41, 5.74) is 0.551. The number of methoxy groups -OCH3 is 1. The normalized spacial score (nSPS) is 21.2. The van der Waals surface area contributed by atoms with Gasteiger partial charge in [0.2, 0.25) is 0 Å². The van der Waals surface area contributed by atoms with Crippen LogP contribution in [0.1, 0.15) is 30.1 Å². The Labute approximate surface area is 154 Å². The lowest BCUT2D eigenvalue weighted by atomic mass is 9.89. The molecule has 2 saturated heterocycles. The Bertz CT molecular complexity index is 596. The highest BCUT2D eigenvalue weighted by molar-refractivity contribution is 6.31. The molecule has 6 heteroatoms. The number of ether oxygens (including phenoxy) is 2. The van der Waals surface area contributed by atoms with Crippen molar-refractivity contribution in [3.05, 3.63) is 28.8 Å². The number of carbonyl (C=O) groups excluding carboxylic acids is 1. The molecule has 3 rings (SSSR count). The van der Waals surface area contributed by atoms with Gasteiger partial charge in [0, 0.05) is 37.2 Å². The van der Waals surface area contributed by atoms with Gasteiger partial charge in [-0.3, -0.25) is 9.69 Å². The number of carbonyl (C=O) groups is 1. The lowest BCUT2D eigenvalue weighted by Crippen LogP contribution is -2.49. The van der Waals surface area contributed by atoms with Crippen LogP contribution in [0, 0.1) is 5.92 Å². The number of likely N-dealkylation sites (tertiary alicyclic amines) is 1. The van der Waals surface area contributed by atoms with Gasteiger partial charge in [-0.15, -0.1) is 0 Å². The van der Waals surface area contributed by atoms with Crippen molar-refractivity contribution in [3.8, 4) is 5.75 Å². The van der Waals surface area contributed by atoms with Crippen LogP contribution in [0.5, 0.6) is 5.75 Å². The van der Waals surface area contributed by atoms with Crippen molar-refractivity contribution in [2.45, 2.75) is 25.8 Å². The number of nitrogens with zero attached hydrogens (tertiary/aromatic N) is 2. The Morgan fingerprint density at radius 2 is 1.92 bits per heavy atom. The quantitative estimate of drug-likeness (QED) is 0.821. The van der Waals surface area contributed by atoms with Crippen molar-refractivity contribution in [3.63, 3.8) is 0 Å². The number of rotatable bonds is 4. The zero-order chi connectivity index (χ0) is 17.8. The molecule has 2 aliphatic heterocycles. The maximum Gasteiger partial charge on any atom is 0.257 e. The molecule has 5 nitrogen and oxygen atoms in total. The molecule has 1 aromatic rings. The van der Waals surface area contributed by atoms with Crippen LogP contribution in [0.25, 0.3) is 0 Å². The van der Waals surface area contributed by atoms with Gasteiger partial charge < -0.3 is 14.4 Å². The zero-order valence-electron chi connectivity index (χ0n) is 15.0. The van der Waals surface area contributed by atoms with Gasteiger partial charge >= 0.3 is 0 Å². The summed E-state index contributed by atoms with van der Waals surface area (Å²) >= 11 is 6.07. The lowest BCUT2D eigenvalue weighted by molar-refractivity contribution is -0.000965. The van der Waals surface area contributed by atoms with Gasteiger partial charge in [-0.1, -0.05) is 11.6 Å². The fourth-order valence-corrected chi connectivity index (χ4v) is 4.06. The molecule has 1 amide bonds. The summed E-state index contributed by atoms with van der Waals surface area (Å²) in [5, 5.41) is 0.556. The monoisotopic (exact) mass is 366 g/mol. The van der Waals surface area contributed by atoms with E-state index in [1.54, 1.807) is 25.3 Å². The molecule has 0 N–H and O–H groups in total. The minimum atomic E-state index is 0.0109. The first-order valence-electron chi connectivity index (χ1n) is 9.04. The number of hydrogen-bond acceptors (Lipinski definition) is 4. The lowest BCUT2D eigenvalue weighted by Gasteiger charge is -2.41. The molecule has 1 atom stereocenters. The molecule has 2 heterocycles. The number of hydrogen-bond donors (Lipinski definition) is 0. The number of piperidine rings is 1. The van der Waals surface area contributed by atoms with Crippen LogP contribution in [0.4, 0.5) is 0 Å². The van der Waals surface area contributed by atoms with Crippen LogP contribution in [-0.4, -0.2) is 68.3 Å². The minimum absolute atomic E-state index is 0.0109. The van der Waals surface area contributed by atoms with Gasteiger partial charge in [0.25, 0.3) is 5.91 Å². The molecule has 25 heavy (non-hydrogen) atoms. The van der Waals surface area contributed by atoms with E-state index in [9.17, 15) is 4.79 Å². The van der Waals surface area contributed by atoms with Crippen molar-refractivity contribution >= 4 is 17.5 Å². The Balaban J connectivity index is 1.60. The van der Waals surface area contributed by atoms with Gasteiger partial charge in [-0.2, -0.15) is 0 Å². The maximum absolute atomic E-state index is 12.9. The average Bonchev–Trinajstić information content (AvgIpc) is 2.67. The molecule has 0 spiro atoms. The first-order valence-corrected chi connectivity index (χ1v) is 9.42. The standard InChI is InChI=1S/C19H27ClN2O3/c1-14(21-9-11-25-12-10-21)15-5-7-22(8-6-15)19(23)17-13-16(20)3-4-18(17)24-2/h3-4,13-15H,5-12H2,1-2H3/t14-/m1/s1. The van der Waals surface area contributed by atoms with Crippen molar-refractivity contribution in [1.29, 1.82) is 0 Å². The van der Waals surface area contributed by atoms with Crippen LogP contribution < -0.4 is 4.74 Å². The molecule has 0 bridgehead atoms. The highest BCUT2D eigenvalue weighted by atomic mass is 35.5. The van der Waals surface area contributed by atoms with E-state index in [-0.39, 0.29) is 5.91 Å². The first-order chi connectivity index (χ1) is 12.1. The van der Waals surface area contributed by atoms with Crippen molar-refractivity contribution in [1.82, 2.24) is 9.80 Å². The number of amides is 1. The third kappa shape index (κ3) is 4.27. The molecule has 1 aromatic carbocycles. The van der Waals surface area contributed by atoms with Crippen molar-refractivity contribution < 1.29 is 14.3 Å². The Morgan fingerprint density at radius 1 is 1.24 bits per heavy atom. The molecular weight excluding hydrogens is 340 g/mol. The molecular formula is C19H27ClN2O3. The van der Waals surface area contributed by atoms with Crippen LogP contribution in [0.15, 0.2) is 18.2 Å². The molecule has 138 valence electrons. The highest BCUT2D eigenvalue weighted by Gasteiger charge is 2.31. The average molecular weight is 367 g/mol. The van der Waals surface area contributed by atoms with Crippen LogP contribution >= 0.6 is 11.6 Å². The molecule has 0 saturated carbocycles. The molecule has 0 aromatic heterocycles. The fraction of sp³-hybridized carbons (Fsp3) is 0.632. The van der Waals surface area contributed by atoms with E-state index < -0.39 is 0 Å². The fourth-order valence-electron chi connectivity index (χ4n) is 3.89. The number of benzene rings is 1. The second kappa shape index (κ2) is 8.39. The SMILES string of the molecule is COc1ccc(Cl)cc1C(=O)N1CCC([C@@H](C)N2CCOCC2)CC1. The van der Waals surface area contributed by atoms with E-state index >= 15 is 0 Å². The minimum Gasteiger partial charge on any atom is -0.496 e. The summed E-state index contributed by atoms with van der Waals surface area (Å²) in [7, 11) is 1.58. The summed E-state index contributed by atoms with van der Waals surface area (Å²) in [5.74, 6) is 1.22. The smallest absolute Gasteiger partial charge is 0.257 e. The van der Waals surface area contributed by atoms with E-state index in [0.29, 0.717) is 28.3 Å². The molecule has 0 aliphatic carbocycles. The van der Waals surface area contributed by atoms with Crippen molar-refractivity contribution in [2.75, 3.05) is 46.5 Å². The summed E-state index contributed by atoms with van der Waals surface area (Å²) in [6, 6.07) is 5.74. The summed E-state index contributed by atoms with van der Waals surface area (Å²) in [6.07, 6.45) is 2.07. The largest absolute Gasteiger partial charge is 0.496 e. The second-order valence-electron chi connectivity index (χ2n) is 6.86. The van der Waals surface area contributed by atoms with Crippen LogP contribution in [0.2, 0.25) is 5.02 Å².